The molecule has 1 aliphatic rings. The zero-order valence-corrected chi connectivity index (χ0v) is 8.78. The molecule has 5 nitrogen and oxygen atoms in total. The maximum atomic E-state index is 11.4. The van der Waals surface area contributed by atoms with E-state index in [1.165, 1.54) is 7.11 Å². The highest BCUT2D eigenvalue weighted by molar-refractivity contribution is 8.15. The van der Waals surface area contributed by atoms with Gasteiger partial charge in [-0.25, -0.2) is 0 Å². The Morgan fingerprint density at radius 1 is 1.40 bits per heavy atom. The number of hydrogen-bond donors (Lipinski definition) is 0. The minimum Gasteiger partial charge on any atom is -0.480 e. The minimum atomic E-state index is -0.742. The molecule has 1 aromatic heterocycles. The molecule has 0 radical (unpaired) electrons. The van der Waals surface area contributed by atoms with Gasteiger partial charge in [-0.05, 0) is 6.07 Å². The van der Waals surface area contributed by atoms with Crippen molar-refractivity contribution in [2.45, 2.75) is 5.92 Å². The summed E-state index contributed by atoms with van der Waals surface area (Å²) in [6.45, 7) is 0. The van der Waals surface area contributed by atoms with Crippen LogP contribution < -0.4 is 4.74 Å². The van der Waals surface area contributed by atoms with E-state index in [1.807, 2.05) is 0 Å². The predicted octanol–water partition coefficient (Wildman–Crippen LogP) is 0.411. The molecule has 2 rings (SSSR count). The number of ether oxygens (including phenoxy) is 1. The third-order valence-corrected chi connectivity index (χ3v) is 3.03. The number of carbonyl (C=O) groups excluding carboxylic acids is 2. The molecule has 1 fully saturated rings. The number of methoxy groups -OCH3 is 1. The van der Waals surface area contributed by atoms with E-state index < -0.39 is 5.92 Å². The van der Waals surface area contributed by atoms with Crippen molar-refractivity contribution in [3.05, 3.63) is 17.8 Å². The Bertz CT molecular complexity index is 388. The number of Topliss-reactive ketones (excluding diaryl/α,β-unsaturated/α-hetero) is 1. The molecule has 15 heavy (non-hydrogen) atoms. The Morgan fingerprint density at radius 2 is 2.20 bits per heavy atom. The maximum absolute atomic E-state index is 11.4. The first-order chi connectivity index (χ1) is 7.22. The lowest BCUT2D eigenvalue weighted by Gasteiger charge is -2.04. The highest BCUT2D eigenvalue weighted by Crippen LogP contribution is 2.30. The number of thioether (sulfide) groups is 1. The van der Waals surface area contributed by atoms with Gasteiger partial charge in [0.15, 0.2) is 5.78 Å². The molecule has 1 atom stereocenters. The van der Waals surface area contributed by atoms with Crippen LogP contribution in [0, 0.1) is 0 Å². The molecule has 0 saturated carbocycles. The zero-order chi connectivity index (χ0) is 10.8. The summed E-state index contributed by atoms with van der Waals surface area (Å²) in [5.41, 5.74) is 0.399. The number of aromatic nitrogens is 2. The van der Waals surface area contributed by atoms with Crippen LogP contribution in [-0.2, 0) is 9.59 Å². The molecule has 0 aromatic carbocycles. The van der Waals surface area contributed by atoms with Crippen molar-refractivity contribution in [3.8, 4) is 5.88 Å². The second-order valence-corrected chi connectivity index (χ2v) is 3.99. The maximum Gasteiger partial charge on any atom is 0.233 e. The molecule has 0 N–H and O–H groups in total. The molecule has 78 valence electrons. The fourth-order valence-corrected chi connectivity index (χ4v) is 2.19. The number of ketones is 1. The topological polar surface area (TPSA) is 69.2 Å². The Morgan fingerprint density at radius 3 is 2.67 bits per heavy atom. The standard InChI is InChI=1S/C9H8N2O3S/c1-14-7-3-2-5(10-11-7)8-6(12)4-15-9(8)13/h2-3,8H,4H2,1H3. The summed E-state index contributed by atoms with van der Waals surface area (Å²) in [6.07, 6.45) is 0. The summed E-state index contributed by atoms with van der Waals surface area (Å²) in [5.74, 6) is -0.251. The molecular weight excluding hydrogens is 216 g/mol. The van der Waals surface area contributed by atoms with E-state index in [1.54, 1.807) is 12.1 Å². The normalized spacial score (nSPS) is 20.7. The third kappa shape index (κ3) is 1.85. The summed E-state index contributed by atoms with van der Waals surface area (Å²) >= 11 is 1.03. The molecule has 1 aromatic rings. The van der Waals surface area contributed by atoms with Gasteiger partial charge in [0, 0.05) is 6.07 Å². The lowest BCUT2D eigenvalue weighted by atomic mass is 10.0. The monoisotopic (exact) mass is 224 g/mol. The van der Waals surface area contributed by atoms with Gasteiger partial charge in [-0.15, -0.1) is 5.10 Å². The van der Waals surface area contributed by atoms with Crippen molar-refractivity contribution in [2.24, 2.45) is 0 Å². The summed E-state index contributed by atoms with van der Waals surface area (Å²) in [4.78, 5) is 22.8. The van der Waals surface area contributed by atoms with E-state index >= 15 is 0 Å². The van der Waals surface area contributed by atoms with Crippen LogP contribution in [-0.4, -0.2) is 34.0 Å². The third-order valence-electron chi connectivity index (χ3n) is 2.08. The van der Waals surface area contributed by atoms with Gasteiger partial charge in [0.1, 0.15) is 5.92 Å². The second-order valence-electron chi connectivity index (χ2n) is 3.01. The quantitative estimate of drug-likeness (QED) is 0.678. The van der Waals surface area contributed by atoms with Gasteiger partial charge in [0.05, 0.1) is 18.6 Å². The van der Waals surface area contributed by atoms with Crippen molar-refractivity contribution in [2.75, 3.05) is 12.9 Å². The van der Waals surface area contributed by atoms with Crippen molar-refractivity contribution in [1.29, 1.82) is 0 Å². The summed E-state index contributed by atoms with van der Waals surface area (Å²) < 4.78 is 4.84. The lowest BCUT2D eigenvalue weighted by molar-refractivity contribution is -0.122. The van der Waals surface area contributed by atoms with E-state index in [4.69, 9.17) is 4.74 Å². The van der Waals surface area contributed by atoms with Gasteiger partial charge in [0.2, 0.25) is 11.0 Å². The van der Waals surface area contributed by atoms with E-state index in [9.17, 15) is 9.59 Å². The zero-order valence-electron chi connectivity index (χ0n) is 7.97. The molecule has 0 aliphatic carbocycles. The van der Waals surface area contributed by atoms with E-state index in [0.717, 1.165) is 11.8 Å². The van der Waals surface area contributed by atoms with Crippen LogP contribution in [0.3, 0.4) is 0 Å². The molecule has 0 bridgehead atoms. The van der Waals surface area contributed by atoms with Gasteiger partial charge in [0.25, 0.3) is 0 Å². The molecule has 0 spiro atoms. The van der Waals surface area contributed by atoms with Crippen LogP contribution in [0.2, 0.25) is 0 Å². The average molecular weight is 224 g/mol. The minimum absolute atomic E-state index is 0.107. The summed E-state index contributed by atoms with van der Waals surface area (Å²) in [5, 5.41) is 7.37. The number of hydrogen-bond acceptors (Lipinski definition) is 6. The number of rotatable bonds is 2. The van der Waals surface area contributed by atoms with Crippen LogP contribution in [0.15, 0.2) is 12.1 Å². The van der Waals surface area contributed by atoms with E-state index in [2.05, 4.69) is 10.2 Å². The fourth-order valence-electron chi connectivity index (χ4n) is 1.32. The molecular formula is C9H8N2O3S. The largest absolute Gasteiger partial charge is 0.480 e. The Kier molecular flexibility index (Phi) is 2.68. The number of carbonyl (C=O) groups is 2. The van der Waals surface area contributed by atoms with E-state index in [-0.39, 0.29) is 16.7 Å². The highest BCUT2D eigenvalue weighted by Gasteiger charge is 2.36. The SMILES string of the molecule is COc1ccc(C2C(=O)CSC2=O)nn1. The Labute approximate surface area is 90.2 Å². The first-order valence-electron chi connectivity index (χ1n) is 4.29. The molecule has 1 aliphatic heterocycles. The van der Waals surface area contributed by atoms with Gasteiger partial charge >= 0.3 is 0 Å². The van der Waals surface area contributed by atoms with Crippen molar-refractivity contribution in [3.63, 3.8) is 0 Å². The summed E-state index contributed by atoms with van der Waals surface area (Å²) in [6, 6.07) is 3.18. The van der Waals surface area contributed by atoms with Crippen LogP contribution in [0.25, 0.3) is 0 Å². The van der Waals surface area contributed by atoms with Crippen molar-refractivity contribution in [1.82, 2.24) is 10.2 Å². The number of nitrogens with zero attached hydrogens (tertiary/aromatic N) is 2. The fraction of sp³-hybridized carbons (Fsp3) is 0.333. The van der Waals surface area contributed by atoms with Gasteiger partial charge in [-0.3, -0.25) is 9.59 Å². The lowest BCUT2D eigenvalue weighted by Crippen LogP contribution is -2.14. The molecule has 0 amide bonds. The van der Waals surface area contributed by atoms with Gasteiger partial charge in [-0.2, -0.15) is 5.10 Å². The smallest absolute Gasteiger partial charge is 0.233 e. The first kappa shape index (κ1) is 10.1. The van der Waals surface area contributed by atoms with Crippen LogP contribution in [0.5, 0.6) is 5.88 Å². The van der Waals surface area contributed by atoms with Crippen molar-refractivity contribution < 1.29 is 14.3 Å². The van der Waals surface area contributed by atoms with Gasteiger partial charge < -0.3 is 4.74 Å². The van der Waals surface area contributed by atoms with Gasteiger partial charge in [-0.1, -0.05) is 11.8 Å². The Hall–Kier alpha value is -1.43. The second kappa shape index (κ2) is 3.98. The van der Waals surface area contributed by atoms with E-state index in [0.29, 0.717) is 11.6 Å². The molecule has 1 unspecified atom stereocenters. The predicted molar refractivity (Wildman–Crippen MR) is 53.8 cm³/mol. The summed E-state index contributed by atoms with van der Waals surface area (Å²) in [7, 11) is 1.48. The van der Waals surface area contributed by atoms with Crippen molar-refractivity contribution >= 4 is 22.7 Å². The molecule has 6 heteroatoms. The Balaban J connectivity index is 2.29. The average Bonchev–Trinajstić information content (AvgIpc) is 2.59. The molecule has 1 saturated heterocycles. The highest BCUT2D eigenvalue weighted by atomic mass is 32.2. The van der Waals surface area contributed by atoms with Crippen LogP contribution >= 0.6 is 11.8 Å². The van der Waals surface area contributed by atoms with Crippen LogP contribution in [0.4, 0.5) is 0 Å². The van der Waals surface area contributed by atoms with Crippen LogP contribution in [0.1, 0.15) is 11.6 Å². The molecule has 2 heterocycles. The first-order valence-corrected chi connectivity index (χ1v) is 5.28.